The molecule has 1 aliphatic heterocycles. The van der Waals surface area contributed by atoms with Crippen LogP contribution in [0.5, 0.6) is 0 Å². The van der Waals surface area contributed by atoms with Crippen LogP contribution in [0.2, 0.25) is 0 Å². The molecule has 72 heavy (non-hydrogen) atoms. The zero-order valence-electron chi connectivity index (χ0n) is 43.2. The van der Waals surface area contributed by atoms with Gasteiger partial charge in [0.15, 0.2) is 0 Å². The van der Waals surface area contributed by atoms with Gasteiger partial charge in [-0.05, 0) is 0 Å². The normalized spacial score (nSPS) is 16.7. The maximum absolute atomic E-state index is 9.76. The van der Waals surface area contributed by atoms with Crippen molar-refractivity contribution in [3.63, 3.8) is 0 Å². The summed E-state index contributed by atoms with van der Waals surface area (Å²) >= 11 is -5.94. The average molecular weight is 1070 g/mol. The van der Waals surface area contributed by atoms with Crippen molar-refractivity contribution in [2.75, 3.05) is 0 Å². The summed E-state index contributed by atoms with van der Waals surface area (Å²) in [5, 5.41) is 2.95. The molecule has 11 rings (SSSR count). The molecule has 361 valence electrons. The van der Waals surface area contributed by atoms with Crippen LogP contribution in [0.15, 0.2) is 187 Å². The fourth-order valence-corrected chi connectivity index (χ4v) is 41.3. The molecule has 8 aromatic rings. The van der Waals surface area contributed by atoms with E-state index < -0.39 is 25.9 Å². The van der Waals surface area contributed by atoms with E-state index in [1.165, 1.54) is 114 Å². The molecule has 2 unspecified atom stereocenters. The van der Waals surface area contributed by atoms with Gasteiger partial charge in [-0.3, -0.25) is 0 Å². The minimum atomic E-state index is -5.94. The number of fused-ring (bicyclic) bond motifs is 5. The molecule has 8 aromatic carbocycles. The molecule has 0 radical (unpaired) electrons. The summed E-state index contributed by atoms with van der Waals surface area (Å²) in [7, 11) is 18.6. The first kappa shape index (κ1) is 49.1. The van der Waals surface area contributed by atoms with Gasteiger partial charge in [0.2, 0.25) is 0 Å². The van der Waals surface area contributed by atoms with Gasteiger partial charge in [0.25, 0.3) is 0 Å². The Morgan fingerprint density at radius 3 is 1.29 bits per heavy atom. The second kappa shape index (κ2) is 19.3. The fourth-order valence-electron chi connectivity index (χ4n) is 13.4. The summed E-state index contributed by atoms with van der Waals surface area (Å²) in [6.07, 6.45) is 7.00. The van der Waals surface area contributed by atoms with E-state index in [0.717, 1.165) is 12.8 Å². The zero-order chi connectivity index (χ0) is 50.1. The minimum absolute atomic E-state index is 0.183. The number of hydrogen-bond donors (Lipinski definition) is 0. The van der Waals surface area contributed by atoms with Crippen molar-refractivity contribution in [1.29, 1.82) is 0 Å². The van der Waals surface area contributed by atoms with Crippen molar-refractivity contribution in [3.8, 4) is 55.6 Å². The van der Waals surface area contributed by atoms with Crippen molar-refractivity contribution in [3.05, 3.63) is 220 Å². The first-order valence-corrected chi connectivity index (χ1v) is 38.4. The molecule has 0 saturated carbocycles. The Hall–Kier alpha value is -5.08. The molecular weight excluding hydrogens is 1010 g/mol. The van der Waals surface area contributed by atoms with Crippen molar-refractivity contribution >= 4 is 52.3 Å². The third-order valence-corrected chi connectivity index (χ3v) is 39.0. The standard InChI is InChI=1S/2C28H29.C12H9Si.2ClH.Zr/c2*1-19(2)16-21-17-23-14-15-25(22-10-6-5-7-11-22)28(27(23)18-21)26-13-9-8-12-24(26)20(3)4;1-3-7-11-9(5-1)10-6-2-4-8-12(10)13-11;;;/h2*5-15,17-20H,16H2,1-4H3;1-7H,13H2;2*1H;/q;;;;;+2/p-2. The summed E-state index contributed by atoms with van der Waals surface area (Å²) in [4.78, 5) is 0. The van der Waals surface area contributed by atoms with E-state index in [4.69, 9.17) is 0 Å². The van der Waals surface area contributed by atoms with Gasteiger partial charge in [-0.25, -0.2) is 0 Å². The molecule has 3 aliphatic rings. The summed E-state index contributed by atoms with van der Waals surface area (Å²) in [6, 6.07) is 66.3. The van der Waals surface area contributed by atoms with Gasteiger partial charge in [0.05, 0.1) is 0 Å². The van der Waals surface area contributed by atoms with E-state index in [1.54, 1.807) is 0 Å². The number of hydrogen-bond acceptors (Lipinski definition) is 0. The van der Waals surface area contributed by atoms with Gasteiger partial charge >= 0.3 is 444 Å². The Morgan fingerprint density at radius 1 is 0.417 bits per heavy atom. The van der Waals surface area contributed by atoms with E-state index in [-0.39, 0.29) is 7.25 Å². The van der Waals surface area contributed by atoms with E-state index in [2.05, 4.69) is 243 Å². The third-order valence-electron chi connectivity index (χ3n) is 16.2. The maximum atomic E-state index is 9.76. The first-order chi connectivity index (χ1) is 34.7. The van der Waals surface area contributed by atoms with Crippen molar-refractivity contribution in [2.24, 2.45) is 11.8 Å². The van der Waals surface area contributed by atoms with Crippen LogP contribution in [0.3, 0.4) is 0 Å². The predicted octanol–water partition coefficient (Wildman–Crippen LogP) is 17.7. The molecule has 4 heteroatoms. The van der Waals surface area contributed by atoms with Crippen molar-refractivity contribution in [1.82, 2.24) is 0 Å². The van der Waals surface area contributed by atoms with E-state index in [0.29, 0.717) is 23.7 Å². The van der Waals surface area contributed by atoms with Crippen LogP contribution in [0, 0.1) is 11.8 Å². The Bertz CT molecular complexity index is 3270. The van der Waals surface area contributed by atoms with Gasteiger partial charge in [-0.2, -0.15) is 0 Å². The molecule has 0 spiro atoms. The number of benzene rings is 8. The number of allylic oxidation sites excluding steroid dienone is 2. The molecule has 0 bridgehead atoms. The van der Waals surface area contributed by atoms with Crippen LogP contribution in [0.1, 0.15) is 121 Å². The van der Waals surface area contributed by atoms with E-state index >= 15 is 0 Å². The summed E-state index contributed by atoms with van der Waals surface area (Å²) < 4.78 is 0.920. The third kappa shape index (κ3) is 8.19. The summed E-state index contributed by atoms with van der Waals surface area (Å²) in [6.45, 7) is 18.8. The zero-order valence-corrected chi connectivity index (χ0v) is 48.6. The molecule has 0 amide bonds. The van der Waals surface area contributed by atoms with Crippen LogP contribution < -0.4 is 13.6 Å². The molecule has 0 nitrogen and oxygen atoms in total. The van der Waals surface area contributed by atoms with Crippen LogP contribution in [0.4, 0.5) is 0 Å². The first-order valence-electron chi connectivity index (χ1n) is 26.6. The summed E-state index contributed by atoms with van der Waals surface area (Å²) in [5.41, 5.74) is 23.5. The van der Waals surface area contributed by atoms with Gasteiger partial charge in [0, 0.05) is 0 Å². The fraction of sp³-hybridized carbons (Fsp3) is 0.235. The van der Waals surface area contributed by atoms with E-state index in [1.807, 2.05) is 0 Å². The molecule has 0 aromatic heterocycles. The molecular formula is C68H67Cl2SiZr. The SMILES string of the molecule is CC(C)CC1=Cc2c(ccc(-c3ccccc3)c2-c2ccccc2C(C)C)[CH]1[Zr]([Cl])([Cl])([c]1cccc2c1[SiH2]c1ccccc1-2)[CH]1C(CC(C)C)=Cc2c1ccc(-c1ccccc1)c2-c1ccccc1C(C)C. The monoisotopic (exact) mass is 1070 g/mol. The molecule has 0 fully saturated rings. The van der Waals surface area contributed by atoms with Crippen molar-refractivity contribution in [2.45, 2.75) is 87.3 Å². The second-order valence-corrected chi connectivity index (χ2v) is 44.9. The van der Waals surface area contributed by atoms with Gasteiger partial charge in [0.1, 0.15) is 0 Å². The predicted molar refractivity (Wildman–Crippen MR) is 314 cm³/mol. The molecule has 0 saturated heterocycles. The van der Waals surface area contributed by atoms with Crippen LogP contribution in [0.25, 0.3) is 67.8 Å². The second-order valence-electron chi connectivity index (χ2n) is 22.5. The topological polar surface area (TPSA) is 0 Å². The van der Waals surface area contributed by atoms with Gasteiger partial charge in [-0.1, -0.05) is 0 Å². The Kier molecular flexibility index (Phi) is 13.2. The molecule has 2 aliphatic carbocycles. The molecule has 2 atom stereocenters. The Labute approximate surface area is 440 Å². The van der Waals surface area contributed by atoms with Crippen LogP contribution in [-0.4, -0.2) is 9.52 Å². The average Bonchev–Trinajstić information content (AvgIpc) is 4.07. The molecule has 0 N–H and O–H groups in total. The summed E-state index contributed by atoms with van der Waals surface area (Å²) in [5.74, 6) is 1.43. The van der Waals surface area contributed by atoms with Crippen LogP contribution >= 0.6 is 17.0 Å². The Morgan fingerprint density at radius 2 is 0.833 bits per heavy atom. The van der Waals surface area contributed by atoms with E-state index in [9.17, 15) is 17.0 Å². The number of rotatable bonds is 13. The molecule has 1 heterocycles. The quantitative estimate of drug-likeness (QED) is 0.101. The number of halogens is 2. The van der Waals surface area contributed by atoms with Gasteiger partial charge < -0.3 is 0 Å². The van der Waals surface area contributed by atoms with Crippen molar-refractivity contribution < 1.29 is 16.4 Å². The Balaban J connectivity index is 1.28. The van der Waals surface area contributed by atoms with Gasteiger partial charge in [-0.15, -0.1) is 0 Å². The van der Waals surface area contributed by atoms with Crippen LogP contribution in [-0.2, 0) is 16.4 Å².